The Balaban J connectivity index is 1.19. The molecule has 7 heteroatoms. The Morgan fingerprint density at radius 1 is 1.24 bits per heavy atom. The molecule has 1 amide bonds. The number of aryl methyl sites for hydroxylation is 1. The highest BCUT2D eigenvalue weighted by atomic mass is 32.1. The molecular weight excluding hydrogens is 382 g/mol. The topological polar surface area (TPSA) is 83.3 Å². The first kappa shape index (κ1) is 18.4. The summed E-state index contributed by atoms with van der Waals surface area (Å²) in [5.74, 6) is -0.124. The van der Waals surface area contributed by atoms with Gasteiger partial charge in [0.05, 0.1) is 5.69 Å². The van der Waals surface area contributed by atoms with Gasteiger partial charge >= 0.3 is 0 Å². The van der Waals surface area contributed by atoms with Crippen LogP contribution in [0.4, 0.5) is 11.4 Å². The Morgan fingerprint density at radius 3 is 2.72 bits per heavy atom. The smallest absolute Gasteiger partial charge is 0.263 e. The molecule has 3 aromatic rings. The fraction of sp³-hybridized carbons (Fsp3) is 0.364. The normalized spacial score (nSPS) is 20.5. The standard InChI is InChI=1S/C22H25N5OS/c1-13-2-7-18-19(23)20(29-22(18)26-13)21(28)25-9-8-14-3-5-15(6-4-14)27-16-10-17(27)12-24-11-16/h2-7,16-17,24H,8-12,23H2,1H3,(H,25,28). The van der Waals surface area contributed by atoms with E-state index >= 15 is 0 Å². The number of piperazine rings is 1. The molecule has 2 bridgehead atoms. The molecule has 29 heavy (non-hydrogen) atoms. The summed E-state index contributed by atoms with van der Waals surface area (Å²) in [5, 5.41) is 7.32. The number of nitrogens with two attached hydrogens (primary N) is 1. The van der Waals surface area contributed by atoms with Gasteiger partial charge in [0, 0.05) is 48.5 Å². The van der Waals surface area contributed by atoms with E-state index in [1.807, 2.05) is 19.1 Å². The van der Waals surface area contributed by atoms with E-state index in [1.165, 1.54) is 29.0 Å². The maximum absolute atomic E-state index is 12.6. The third-order valence-electron chi connectivity index (χ3n) is 5.96. The van der Waals surface area contributed by atoms with Crippen LogP contribution in [0.3, 0.4) is 0 Å². The Hall–Kier alpha value is -2.64. The van der Waals surface area contributed by atoms with Crippen LogP contribution in [0.5, 0.6) is 0 Å². The zero-order valence-corrected chi connectivity index (χ0v) is 17.3. The molecule has 0 saturated carbocycles. The number of carbonyl (C=O) groups is 1. The van der Waals surface area contributed by atoms with Crippen LogP contribution in [-0.4, -0.2) is 42.6 Å². The van der Waals surface area contributed by atoms with Gasteiger partial charge in [0.1, 0.15) is 9.71 Å². The SMILES string of the molecule is Cc1ccc2c(N)c(C(=O)NCCc3ccc(N4C5CNCC4C5)cc3)sc2n1. The van der Waals surface area contributed by atoms with E-state index in [1.54, 1.807) is 0 Å². The van der Waals surface area contributed by atoms with Gasteiger partial charge in [0.25, 0.3) is 5.91 Å². The van der Waals surface area contributed by atoms with E-state index in [0.29, 0.717) is 29.2 Å². The number of nitrogen functional groups attached to an aromatic ring is 1. The van der Waals surface area contributed by atoms with Crippen molar-refractivity contribution in [3.63, 3.8) is 0 Å². The Morgan fingerprint density at radius 2 is 2.00 bits per heavy atom. The van der Waals surface area contributed by atoms with Crippen molar-refractivity contribution in [2.24, 2.45) is 0 Å². The van der Waals surface area contributed by atoms with Crippen LogP contribution in [0.15, 0.2) is 36.4 Å². The van der Waals surface area contributed by atoms with Gasteiger partial charge in [-0.3, -0.25) is 4.79 Å². The molecule has 2 fully saturated rings. The number of anilines is 2. The van der Waals surface area contributed by atoms with Gasteiger partial charge < -0.3 is 21.3 Å². The number of amides is 1. The van der Waals surface area contributed by atoms with Crippen LogP contribution in [0.2, 0.25) is 0 Å². The summed E-state index contributed by atoms with van der Waals surface area (Å²) in [6, 6.07) is 13.9. The van der Waals surface area contributed by atoms with Crippen molar-refractivity contribution in [1.29, 1.82) is 0 Å². The first-order chi connectivity index (χ1) is 14.1. The molecule has 5 rings (SSSR count). The fourth-order valence-electron chi connectivity index (χ4n) is 4.40. The van der Waals surface area contributed by atoms with Gasteiger partial charge in [-0.15, -0.1) is 11.3 Å². The molecule has 0 spiro atoms. The lowest BCUT2D eigenvalue weighted by molar-refractivity contribution is 0.0959. The van der Waals surface area contributed by atoms with E-state index in [-0.39, 0.29) is 5.91 Å². The average molecular weight is 408 g/mol. The van der Waals surface area contributed by atoms with Gasteiger partial charge in [0.15, 0.2) is 0 Å². The van der Waals surface area contributed by atoms with E-state index in [0.717, 1.165) is 35.4 Å². The van der Waals surface area contributed by atoms with Crippen molar-refractivity contribution >= 4 is 38.8 Å². The van der Waals surface area contributed by atoms with Crippen LogP contribution in [0.1, 0.15) is 27.3 Å². The molecule has 0 aliphatic carbocycles. The molecule has 4 N–H and O–H groups in total. The number of nitrogens with zero attached hydrogens (tertiary/aromatic N) is 2. The number of rotatable bonds is 5. The number of benzene rings is 1. The number of piperidine rings is 1. The molecule has 150 valence electrons. The van der Waals surface area contributed by atoms with Crippen molar-refractivity contribution in [1.82, 2.24) is 15.6 Å². The third kappa shape index (κ3) is 3.34. The Bertz CT molecular complexity index is 1050. The minimum Gasteiger partial charge on any atom is -0.397 e. The summed E-state index contributed by atoms with van der Waals surface area (Å²) in [6.45, 7) is 4.68. The molecule has 2 aliphatic heterocycles. The molecular formula is C22H25N5OS. The second kappa shape index (κ2) is 7.31. The van der Waals surface area contributed by atoms with E-state index in [2.05, 4.69) is 44.8 Å². The minimum atomic E-state index is -0.124. The quantitative estimate of drug-likeness (QED) is 0.606. The van der Waals surface area contributed by atoms with Crippen molar-refractivity contribution in [2.45, 2.75) is 31.8 Å². The maximum Gasteiger partial charge on any atom is 0.263 e. The van der Waals surface area contributed by atoms with Crippen LogP contribution < -0.4 is 21.3 Å². The lowest BCUT2D eigenvalue weighted by Gasteiger charge is -2.54. The molecule has 6 nitrogen and oxygen atoms in total. The summed E-state index contributed by atoms with van der Waals surface area (Å²) in [5.41, 5.74) is 10.1. The first-order valence-electron chi connectivity index (χ1n) is 10.1. The van der Waals surface area contributed by atoms with Crippen LogP contribution in [0.25, 0.3) is 10.2 Å². The number of aromatic nitrogens is 1. The summed E-state index contributed by atoms with van der Waals surface area (Å²) >= 11 is 1.36. The van der Waals surface area contributed by atoms with E-state index in [4.69, 9.17) is 5.73 Å². The van der Waals surface area contributed by atoms with Crippen LogP contribution in [-0.2, 0) is 6.42 Å². The van der Waals surface area contributed by atoms with E-state index in [9.17, 15) is 4.79 Å². The van der Waals surface area contributed by atoms with E-state index < -0.39 is 0 Å². The van der Waals surface area contributed by atoms with Crippen molar-refractivity contribution in [3.05, 3.63) is 52.5 Å². The molecule has 0 radical (unpaired) electrons. The summed E-state index contributed by atoms with van der Waals surface area (Å²) in [4.78, 5) is 21.0. The number of hydrogen-bond acceptors (Lipinski definition) is 6. The predicted octanol–water partition coefficient (Wildman–Crippen LogP) is 2.71. The minimum absolute atomic E-state index is 0.124. The second-order valence-electron chi connectivity index (χ2n) is 7.93. The van der Waals surface area contributed by atoms with Gasteiger partial charge in [-0.05, 0) is 49.6 Å². The fourth-order valence-corrected chi connectivity index (χ4v) is 5.45. The summed E-state index contributed by atoms with van der Waals surface area (Å²) < 4.78 is 0. The van der Waals surface area contributed by atoms with Gasteiger partial charge in [-0.1, -0.05) is 12.1 Å². The number of thiophene rings is 1. The number of nitrogens with one attached hydrogen (secondary N) is 2. The molecule has 2 unspecified atom stereocenters. The number of fused-ring (bicyclic) bond motifs is 3. The largest absolute Gasteiger partial charge is 0.397 e. The lowest BCUT2D eigenvalue weighted by Crippen LogP contribution is -2.68. The van der Waals surface area contributed by atoms with Crippen molar-refractivity contribution in [2.75, 3.05) is 30.3 Å². The Kier molecular flexibility index (Phi) is 4.64. The molecule has 1 aromatic carbocycles. The van der Waals surface area contributed by atoms with Crippen LogP contribution >= 0.6 is 11.3 Å². The zero-order valence-electron chi connectivity index (χ0n) is 16.4. The first-order valence-corrected chi connectivity index (χ1v) is 10.9. The summed E-state index contributed by atoms with van der Waals surface area (Å²) in [7, 11) is 0. The highest BCUT2D eigenvalue weighted by molar-refractivity contribution is 7.21. The van der Waals surface area contributed by atoms with Crippen LogP contribution in [0, 0.1) is 6.92 Å². The monoisotopic (exact) mass is 407 g/mol. The number of pyridine rings is 1. The Labute approximate surface area is 174 Å². The van der Waals surface area contributed by atoms with Gasteiger partial charge in [0.2, 0.25) is 0 Å². The number of carbonyl (C=O) groups excluding carboxylic acids is 1. The van der Waals surface area contributed by atoms with Crippen molar-refractivity contribution in [3.8, 4) is 0 Å². The summed E-state index contributed by atoms with van der Waals surface area (Å²) in [6.07, 6.45) is 2.10. The molecule has 4 heterocycles. The highest BCUT2D eigenvalue weighted by Crippen LogP contribution is 2.34. The molecule has 2 saturated heterocycles. The third-order valence-corrected chi connectivity index (χ3v) is 7.08. The maximum atomic E-state index is 12.6. The van der Waals surface area contributed by atoms with Gasteiger partial charge in [-0.25, -0.2) is 4.98 Å². The number of hydrogen-bond donors (Lipinski definition) is 3. The van der Waals surface area contributed by atoms with Crippen molar-refractivity contribution < 1.29 is 4.79 Å². The average Bonchev–Trinajstić information content (AvgIpc) is 3.05. The van der Waals surface area contributed by atoms with Gasteiger partial charge in [-0.2, -0.15) is 0 Å². The highest BCUT2D eigenvalue weighted by Gasteiger charge is 2.41. The molecule has 2 aliphatic rings. The zero-order chi connectivity index (χ0) is 20.0. The molecule has 2 atom stereocenters. The second-order valence-corrected chi connectivity index (χ2v) is 8.93. The predicted molar refractivity (Wildman–Crippen MR) is 119 cm³/mol. The molecule has 2 aromatic heterocycles. The lowest BCUT2D eigenvalue weighted by atomic mass is 9.88.